The van der Waals surface area contributed by atoms with Crippen LogP contribution in [0.15, 0.2) is 0 Å². The second kappa shape index (κ2) is 10.7. The van der Waals surface area contributed by atoms with Crippen LogP contribution in [0.25, 0.3) is 0 Å². The molecule has 15 atom stereocenters. The number of aliphatic hydroxyl groups excluding tert-OH is 4. The number of esters is 1. The van der Waals surface area contributed by atoms with Crippen LogP contribution in [0, 0.1) is 50.7 Å². The Bertz CT molecular complexity index is 1180. The standard InChI is InChI=1S/C35H56O10/c1-18-14-20(27(40)31(4,5)42)44-28(41)24(18)32(6)12-13-35-16-34(35)11-10-23(45-29-26(39)25(38)19(37)15-43-29)30(2,3)21(34)8-9-22(35)33(32,7)17-36/h17-27,29,37-40,42H,8-16H2,1-7H3/t18-,19-,20-,21+,22+,23+,24+,25+,26-,27-,29+,32-,33+,34-,35+/m1/s1. The van der Waals surface area contributed by atoms with Crippen LogP contribution in [-0.4, -0.2) is 92.9 Å². The maximum absolute atomic E-state index is 13.8. The van der Waals surface area contributed by atoms with Gasteiger partial charge in [0.05, 0.1) is 24.2 Å². The molecule has 10 nitrogen and oxygen atoms in total. The van der Waals surface area contributed by atoms with E-state index in [-0.39, 0.29) is 46.8 Å². The van der Waals surface area contributed by atoms with Gasteiger partial charge in [0.15, 0.2) is 6.29 Å². The maximum Gasteiger partial charge on any atom is 0.310 e. The number of hydrogen-bond acceptors (Lipinski definition) is 10. The van der Waals surface area contributed by atoms with Crippen molar-refractivity contribution in [2.45, 2.75) is 148 Å². The SMILES string of the molecule is C[C@@H]1C[C@H]([C@@H](O)C(C)(C)O)OC(=O)[C@H]1[C@@]1(C)CC[C@@]23C[C@@]24CC[C@H](O[C@@H]2OC[C@@H](O)[C@H](O)[C@H]2O)C(C)(C)[C@@H]4CC[C@H]3[C@]1(C)C=O. The van der Waals surface area contributed by atoms with E-state index in [0.717, 1.165) is 51.2 Å². The molecule has 0 unspecified atom stereocenters. The molecule has 2 spiro atoms. The number of aliphatic hydroxyl groups is 5. The molecule has 6 rings (SSSR count). The van der Waals surface area contributed by atoms with Crippen molar-refractivity contribution in [3.63, 3.8) is 0 Å². The minimum Gasteiger partial charge on any atom is -0.459 e. The zero-order chi connectivity index (χ0) is 33.1. The molecule has 0 aromatic carbocycles. The molecular formula is C35H56O10. The molecule has 45 heavy (non-hydrogen) atoms. The minimum atomic E-state index is -1.40. The van der Waals surface area contributed by atoms with Crippen LogP contribution in [-0.2, 0) is 23.8 Å². The highest BCUT2D eigenvalue weighted by Crippen LogP contribution is 2.87. The largest absolute Gasteiger partial charge is 0.459 e. The van der Waals surface area contributed by atoms with E-state index in [1.807, 2.05) is 6.92 Å². The van der Waals surface area contributed by atoms with Crippen molar-refractivity contribution in [3.8, 4) is 0 Å². The van der Waals surface area contributed by atoms with Crippen LogP contribution in [0.5, 0.6) is 0 Å². The molecule has 10 heteroatoms. The van der Waals surface area contributed by atoms with Gasteiger partial charge in [0.25, 0.3) is 0 Å². The molecule has 4 saturated carbocycles. The van der Waals surface area contributed by atoms with Gasteiger partial charge in [-0.3, -0.25) is 4.79 Å². The lowest BCUT2D eigenvalue weighted by atomic mass is 9.40. The summed E-state index contributed by atoms with van der Waals surface area (Å²) in [6.45, 7) is 13.6. The number of rotatable bonds is 6. The van der Waals surface area contributed by atoms with Gasteiger partial charge in [-0.25, -0.2) is 0 Å². The average molecular weight is 637 g/mol. The van der Waals surface area contributed by atoms with Gasteiger partial charge in [-0.1, -0.05) is 34.6 Å². The molecule has 0 radical (unpaired) electrons. The normalized spacial score (nSPS) is 53.3. The molecule has 5 N–H and O–H groups in total. The lowest BCUT2D eigenvalue weighted by Crippen LogP contribution is -2.63. The monoisotopic (exact) mass is 636 g/mol. The minimum absolute atomic E-state index is 0.00986. The van der Waals surface area contributed by atoms with Gasteiger partial charge in [0.2, 0.25) is 0 Å². The van der Waals surface area contributed by atoms with E-state index in [2.05, 4.69) is 27.7 Å². The van der Waals surface area contributed by atoms with E-state index in [0.29, 0.717) is 12.3 Å². The number of ether oxygens (including phenoxy) is 3. The van der Waals surface area contributed by atoms with E-state index < -0.39 is 59.2 Å². The number of hydrogen-bond donors (Lipinski definition) is 5. The predicted octanol–water partition coefficient (Wildman–Crippen LogP) is 2.74. The highest BCUT2D eigenvalue weighted by Gasteiger charge is 2.82. The van der Waals surface area contributed by atoms with Gasteiger partial charge in [-0.15, -0.1) is 0 Å². The van der Waals surface area contributed by atoms with Crippen LogP contribution < -0.4 is 0 Å². The van der Waals surface area contributed by atoms with E-state index in [1.54, 1.807) is 0 Å². The first-order valence-electron chi connectivity index (χ1n) is 17.2. The van der Waals surface area contributed by atoms with Crippen molar-refractivity contribution in [3.05, 3.63) is 0 Å². The third-order valence-corrected chi connectivity index (χ3v) is 14.7. The quantitative estimate of drug-likeness (QED) is 0.166. The smallest absolute Gasteiger partial charge is 0.310 e. The fourth-order valence-corrected chi connectivity index (χ4v) is 12.0. The van der Waals surface area contributed by atoms with Gasteiger partial charge < -0.3 is 44.5 Å². The molecule has 2 heterocycles. The Morgan fingerprint density at radius 3 is 2.24 bits per heavy atom. The Morgan fingerprint density at radius 2 is 1.62 bits per heavy atom. The second-order valence-corrected chi connectivity index (χ2v) is 17.5. The number of carbonyl (C=O) groups is 2. The van der Waals surface area contributed by atoms with Crippen molar-refractivity contribution in [1.29, 1.82) is 0 Å². The van der Waals surface area contributed by atoms with Crippen molar-refractivity contribution >= 4 is 12.3 Å². The Hall–Kier alpha value is -1.14. The van der Waals surface area contributed by atoms with Gasteiger partial charge in [0.1, 0.15) is 36.8 Å². The van der Waals surface area contributed by atoms with Crippen LogP contribution in [0.4, 0.5) is 0 Å². The molecular weight excluding hydrogens is 580 g/mol. The summed E-state index contributed by atoms with van der Waals surface area (Å²) < 4.78 is 17.9. The predicted molar refractivity (Wildman–Crippen MR) is 162 cm³/mol. The van der Waals surface area contributed by atoms with Crippen molar-refractivity contribution in [1.82, 2.24) is 0 Å². The summed E-state index contributed by atoms with van der Waals surface area (Å²) in [7, 11) is 0. The summed E-state index contributed by atoms with van der Waals surface area (Å²) >= 11 is 0. The van der Waals surface area contributed by atoms with Gasteiger partial charge in [-0.2, -0.15) is 0 Å². The van der Waals surface area contributed by atoms with Crippen molar-refractivity contribution in [2.75, 3.05) is 6.61 Å². The number of cyclic esters (lactones) is 1. The number of aldehydes is 1. The summed E-state index contributed by atoms with van der Waals surface area (Å²) in [6, 6.07) is 0. The van der Waals surface area contributed by atoms with Crippen LogP contribution in [0.3, 0.4) is 0 Å². The second-order valence-electron chi connectivity index (χ2n) is 17.5. The first-order valence-corrected chi connectivity index (χ1v) is 17.2. The van der Waals surface area contributed by atoms with Crippen molar-refractivity contribution in [2.24, 2.45) is 50.7 Å². The molecule has 4 aliphatic carbocycles. The van der Waals surface area contributed by atoms with Gasteiger partial charge in [0, 0.05) is 5.41 Å². The maximum atomic E-state index is 13.8. The molecule has 0 bridgehead atoms. The molecule has 0 aromatic rings. The topological polar surface area (TPSA) is 163 Å². The van der Waals surface area contributed by atoms with Crippen LogP contribution in [0.1, 0.15) is 99.8 Å². The Kier molecular flexibility index (Phi) is 8.01. The summed E-state index contributed by atoms with van der Waals surface area (Å²) in [4.78, 5) is 27.2. The van der Waals surface area contributed by atoms with E-state index in [4.69, 9.17) is 14.2 Å². The van der Waals surface area contributed by atoms with E-state index >= 15 is 0 Å². The number of carbonyl (C=O) groups excluding carboxylic acids is 2. The average Bonchev–Trinajstić information content (AvgIpc) is 3.63. The Morgan fingerprint density at radius 1 is 0.978 bits per heavy atom. The molecule has 0 amide bonds. The highest BCUT2D eigenvalue weighted by molar-refractivity contribution is 5.77. The molecule has 6 fully saturated rings. The Balaban J connectivity index is 1.23. The van der Waals surface area contributed by atoms with Gasteiger partial charge >= 0.3 is 5.97 Å². The van der Waals surface area contributed by atoms with Crippen molar-refractivity contribution < 1.29 is 49.3 Å². The molecule has 256 valence electrons. The third-order valence-electron chi connectivity index (χ3n) is 14.7. The third kappa shape index (κ3) is 4.59. The van der Waals surface area contributed by atoms with Crippen LogP contribution in [0.2, 0.25) is 0 Å². The fraction of sp³-hybridized carbons (Fsp3) is 0.943. The molecule has 2 aliphatic heterocycles. The first kappa shape index (κ1) is 33.7. The highest BCUT2D eigenvalue weighted by atomic mass is 16.7. The fourth-order valence-electron chi connectivity index (χ4n) is 12.0. The zero-order valence-electron chi connectivity index (χ0n) is 28.1. The Labute approximate surface area is 267 Å². The summed E-state index contributed by atoms with van der Waals surface area (Å²) in [5.41, 5.74) is -2.91. The lowest BCUT2D eigenvalue weighted by Gasteiger charge is -2.64. The zero-order valence-corrected chi connectivity index (χ0v) is 28.1. The first-order chi connectivity index (χ1) is 20.8. The summed E-state index contributed by atoms with van der Waals surface area (Å²) in [5.74, 6) is -0.514. The van der Waals surface area contributed by atoms with E-state index in [1.165, 1.54) is 13.8 Å². The van der Waals surface area contributed by atoms with E-state index in [9.17, 15) is 35.1 Å². The molecule has 6 aliphatic rings. The van der Waals surface area contributed by atoms with Gasteiger partial charge in [-0.05, 0) is 105 Å². The van der Waals surface area contributed by atoms with Crippen LogP contribution >= 0.6 is 0 Å². The summed E-state index contributed by atoms with van der Waals surface area (Å²) in [6.07, 6.45) is 0.859. The molecule has 2 saturated heterocycles. The lowest BCUT2D eigenvalue weighted by molar-refractivity contribution is -0.302. The summed E-state index contributed by atoms with van der Waals surface area (Å²) in [5, 5.41) is 51.8. The molecule has 0 aromatic heterocycles.